The molecular weight excluding hydrogens is 287 g/mol. The number of amides is 1. The van der Waals surface area contributed by atoms with Gasteiger partial charge in [-0.3, -0.25) is 14.2 Å². The van der Waals surface area contributed by atoms with E-state index in [0.717, 1.165) is 11.4 Å². The Morgan fingerprint density at radius 2 is 2.32 bits per heavy atom. The summed E-state index contributed by atoms with van der Waals surface area (Å²) >= 11 is 0. The number of anilines is 1. The van der Waals surface area contributed by atoms with Crippen LogP contribution in [-0.2, 0) is 20.0 Å². The summed E-state index contributed by atoms with van der Waals surface area (Å²) in [5.41, 5.74) is 7.92. The van der Waals surface area contributed by atoms with Gasteiger partial charge in [-0.25, -0.2) is 4.39 Å². The molecule has 0 saturated carbocycles. The summed E-state index contributed by atoms with van der Waals surface area (Å²) in [5.74, 6) is -0.112. The summed E-state index contributed by atoms with van der Waals surface area (Å²) in [5, 5.41) is 8.44. The normalized spacial score (nSPS) is 15.3. The fourth-order valence-electron chi connectivity index (χ4n) is 2.52. The highest BCUT2D eigenvalue weighted by molar-refractivity contribution is 6.07. The number of nitrogens with two attached hydrogens (primary N) is 1. The Labute approximate surface area is 126 Å². The maximum atomic E-state index is 12.6. The lowest BCUT2D eigenvalue weighted by molar-refractivity contribution is 0.0980. The van der Waals surface area contributed by atoms with Gasteiger partial charge in [0.25, 0.3) is 5.91 Å². The van der Waals surface area contributed by atoms with Crippen LogP contribution in [0.1, 0.15) is 16.1 Å². The molecule has 2 N–H and O–H groups in total. The summed E-state index contributed by atoms with van der Waals surface area (Å²) in [7, 11) is 1.80. The Hall–Kier alpha value is -2.48. The van der Waals surface area contributed by atoms with Gasteiger partial charge in [0.1, 0.15) is 0 Å². The zero-order valence-electron chi connectivity index (χ0n) is 12.2. The van der Waals surface area contributed by atoms with Gasteiger partial charge in [0.15, 0.2) is 0 Å². The number of rotatable bonds is 4. The average Bonchev–Trinajstić information content (AvgIpc) is 3.11. The van der Waals surface area contributed by atoms with E-state index >= 15 is 0 Å². The van der Waals surface area contributed by atoms with Crippen LogP contribution in [0.3, 0.4) is 0 Å². The van der Waals surface area contributed by atoms with Crippen LogP contribution in [0, 0.1) is 0 Å². The van der Waals surface area contributed by atoms with Gasteiger partial charge in [-0.1, -0.05) is 0 Å². The standard InChI is InChI=1S/C14H17FN6O/c1-19-8-11(6-17-19)21-3-2-13-12(14(21)22)9-20(18-13)7-10(4-15)5-16/h4,6,8-9H,2-3,5,7,16H2,1H3/b10-4+. The molecule has 0 aromatic carbocycles. The molecule has 116 valence electrons. The van der Waals surface area contributed by atoms with Crippen LogP contribution in [0.4, 0.5) is 10.1 Å². The Balaban J connectivity index is 1.85. The van der Waals surface area contributed by atoms with Crippen LogP contribution in [0.15, 0.2) is 30.5 Å². The van der Waals surface area contributed by atoms with Crippen LogP contribution in [0.5, 0.6) is 0 Å². The van der Waals surface area contributed by atoms with Gasteiger partial charge < -0.3 is 10.6 Å². The van der Waals surface area contributed by atoms with E-state index in [0.29, 0.717) is 30.4 Å². The van der Waals surface area contributed by atoms with Crippen molar-refractivity contribution in [2.75, 3.05) is 18.0 Å². The van der Waals surface area contributed by atoms with Crippen molar-refractivity contribution in [1.29, 1.82) is 0 Å². The third-order valence-corrected chi connectivity index (χ3v) is 3.67. The molecule has 0 saturated heterocycles. The summed E-state index contributed by atoms with van der Waals surface area (Å²) in [6.45, 7) is 0.925. The number of nitrogens with zero attached hydrogens (tertiary/aromatic N) is 5. The third kappa shape index (κ3) is 2.52. The van der Waals surface area contributed by atoms with E-state index in [2.05, 4.69) is 10.2 Å². The number of hydrogen-bond acceptors (Lipinski definition) is 4. The van der Waals surface area contributed by atoms with E-state index < -0.39 is 0 Å². The largest absolute Gasteiger partial charge is 0.327 e. The van der Waals surface area contributed by atoms with Crippen molar-refractivity contribution in [3.05, 3.63) is 41.8 Å². The topological polar surface area (TPSA) is 82.0 Å². The van der Waals surface area contributed by atoms with E-state index in [1.165, 1.54) is 0 Å². The zero-order chi connectivity index (χ0) is 15.7. The van der Waals surface area contributed by atoms with Crippen LogP contribution in [0.25, 0.3) is 0 Å². The molecule has 2 aromatic rings. The third-order valence-electron chi connectivity index (χ3n) is 3.67. The van der Waals surface area contributed by atoms with Crippen molar-refractivity contribution >= 4 is 11.6 Å². The molecule has 8 heteroatoms. The molecule has 0 atom stereocenters. The fraction of sp³-hybridized carbons (Fsp3) is 0.357. The lowest BCUT2D eigenvalue weighted by atomic mass is 10.1. The van der Waals surface area contributed by atoms with Crippen molar-refractivity contribution < 1.29 is 9.18 Å². The molecule has 1 aliphatic heterocycles. The maximum absolute atomic E-state index is 12.6. The molecule has 3 rings (SSSR count). The monoisotopic (exact) mass is 304 g/mol. The molecule has 0 aliphatic carbocycles. The Kier molecular flexibility index (Phi) is 3.76. The first-order valence-electron chi connectivity index (χ1n) is 6.97. The molecule has 0 bridgehead atoms. The highest BCUT2D eigenvalue weighted by atomic mass is 19.1. The molecule has 2 aromatic heterocycles. The highest BCUT2D eigenvalue weighted by Gasteiger charge is 2.29. The van der Waals surface area contributed by atoms with Gasteiger partial charge in [0.2, 0.25) is 0 Å². The molecule has 7 nitrogen and oxygen atoms in total. The van der Waals surface area contributed by atoms with E-state index in [1.54, 1.807) is 39.9 Å². The molecule has 0 spiro atoms. The van der Waals surface area contributed by atoms with Gasteiger partial charge in [-0.05, 0) is 5.57 Å². The summed E-state index contributed by atoms with van der Waals surface area (Å²) in [6.07, 6.45) is 6.25. The second-order valence-corrected chi connectivity index (χ2v) is 5.24. The summed E-state index contributed by atoms with van der Waals surface area (Å²) < 4.78 is 15.8. The van der Waals surface area contributed by atoms with Crippen molar-refractivity contribution in [2.24, 2.45) is 12.8 Å². The highest BCUT2D eigenvalue weighted by Crippen LogP contribution is 2.23. The zero-order valence-corrected chi connectivity index (χ0v) is 12.2. The van der Waals surface area contributed by atoms with E-state index in [4.69, 9.17) is 5.73 Å². The first kappa shape index (κ1) is 14.5. The Morgan fingerprint density at radius 1 is 1.50 bits per heavy atom. The second kappa shape index (κ2) is 5.72. The second-order valence-electron chi connectivity index (χ2n) is 5.24. The van der Waals surface area contributed by atoms with Crippen LogP contribution in [-0.4, -0.2) is 38.6 Å². The lowest BCUT2D eigenvalue weighted by Gasteiger charge is -2.24. The smallest absolute Gasteiger partial charge is 0.261 e. The molecular formula is C14H17FN6O. The molecule has 22 heavy (non-hydrogen) atoms. The van der Waals surface area contributed by atoms with Crippen molar-refractivity contribution in [3.8, 4) is 0 Å². The first-order chi connectivity index (χ1) is 10.6. The predicted molar refractivity (Wildman–Crippen MR) is 79.1 cm³/mol. The minimum Gasteiger partial charge on any atom is -0.327 e. The van der Waals surface area contributed by atoms with Crippen LogP contribution >= 0.6 is 0 Å². The predicted octanol–water partition coefficient (Wildman–Crippen LogP) is 0.632. The number of aryl methyl sites for hydroxylation is 1. The van der Waals surface area contributed by atoms with Gasteiger partial charge >= 0.3 is 0 Å². The Morgan fingerprint density at radius 3 is 2.95 bits per heavy atom. The summed E-state index contributed by atoms with van der Waals surface area (Å²) in [4.78, 5) is 14.3. The molecule has 0 fully saturated rings. The molecule has 1 aliphatic rings. The van der Waals surface area contributed by atoms with E-state index in [1.807, 2.05) is 0 Å². The number of fused-ring (bicyclic) bond motifs is 1. The minimum absolute atomic E-state index is 0.112. The molecule has 0 radical (unpaired) electrons. The fourth-order valence-corrected chi connectivity index (χ4v) is 2.52. The Bertz CT molecular complexity index is 732. The number of carbonyl (C=O) groups excluding carboxylic acids is 1. The van der Waals surface area contributed by atoms with E-state index in [9.17, 15) is 9.18 Å². The first-order valence-corrected chi connectivity index (χ1v) is 6.97. The number of aromatic nitrogens is 4. The number of carbonyl (C=O) groups is 1. The van der Waals surface area contributed by atoms with Gasteiger partial charge in [-0.2, -0.15) is 10.2 Å². The quantitative estimate of drug-likeness (QED) is 0.898. The van der Waals surface area contributed by atoms with Crippen LogP contribution in [0.2, 0.25) is 0 Å². The average molecular weight is 304 g/mol. The van der Waals surface area contributed by atoms with E-state index in [-0.39, 0.29) is 19.0 Å². The maximum Gasteiger partial charge on any atom is 0.261 e. The molecule has 1 amide bonds. The van der Waals surface area contributed by atoms with Gasteiger partial charge in [0.05, 0.1) is 36.0 Å². The lowest BCUT2D eigenvalue weighted by Crippen LogP contribution is -2.37. The van der Waals surface area contributed by atoms with Gasteiger partial charge in [0, 0.05) is 39.0 Å². The SMILES string of the molecule is Cn1cc(N2CCc3nn(C/C(=C/F)CN)cc3C2=O)cn1. The molecule has 0 unspecified atom stereocenters. The molecule has 3 heterocycles. The minimum atomic E-state index is -0.112. The number of halogens is 1. The van der Waals surface area contributed by atoms with Crippen molar-refractivity contribution in [2.45, 2.75) is 13.0 Å². The van der Waals surface area contributed by atoms with Crippen LogP contribution < -0.4 is 10.6 Å². The van der Waals surface area contributed by atoms with Gasteiger partial charge in [-0.15, -0.1) is 0 Å². The van der Waals surface area contributed by atoms with Crippen molar-refractivity contribution in [3.63, 3.8) is 0 Å². The van der Waals surface area contributed by atoms with Crippen molar-refractivity contribution in [1.82, 2.24) is 19.6 Å². The number of hydrogen-bond donors (Lipinski definition) is 1. The summed E-state index contributed by atoms with van der Waals surface area (Å²) in [6, 6.07) is 0.